The summed E-state index contributed by atoms with van der Waals surface area (Å²) in [6, 6.07) is 14.8. The molecular formula is C14H13BrFNO. The third-order valence-corrected chi connectivity index (χ3v) is 2.95. The van der Waals surface area contributed by atoms with Gasteiger partial charge in [-0.2, -0.15) is 5.48 Å². The van der Waals surface area contributed by atoms with Crippen molar-refractivity contribution >= 4 is 15.9 Å². The van der Waals surface area contributed by atoms with Crippen LogP contribution in [0.1, 0.15) is 11.1 Å². The van der Waals surface area contributed by atoms with Crippen LogP contribution in [0.5, 0.6) is 0 Å². The van der Waals surface area contributed by atoms with Crippen LogP contribution in [0.15, 0.2) is 53.0 Å². The Labute approximate surface area is 114 Å². The van der Waals surface area contributed by atoms with E-state index in [1.807, 2.05) is 30.3 Å². The largest absolute Gasteiger partial charge is 0.297 e. The van der Waals surface area contributed by atoms with Crippen molar-refractivity contribution in [3.63, 3.8) is 0 Å². The van der Waals surface area contributed by atoms with Gasteiger partial charge < -0.3 is 0 Å². The predicted molar refractivity (Wildman–Crippen MR) is 72.2 cm³/mol. The quantitative estimate of drug-likeness (QED) is 0.670. The first kappa shape index (κ1) is 13.2. The van der Waals surface area contributed by atoms with Crippen molar-refractivity contribution in [1.29, 1.82) is 0 Å². The van der Waals surface area contributed by atoms with Gasteiger partial charge in [-0.1, -0.05) is 52.3 Å². The van der Waals surface area contributed by atoms with Crippen LogP contribution in [-0.2, 0) is 18.0 Å². The van der Waals surface area contributed by atoms with Crippen molar-refractivity contribution < 1.29 is 9.23 Å². The number of halogens is 2. The standard InChI is InChI=1S/C14H13BrFNO/c15-13-7-6-12(14(16)8-13)9-17-18-10-11-4-2-1-3-5-11/h1-8,17H,9-10H2. The van der Waals surface area contributed by atoms with Gasteiger partial charge in [-0.25, -0.2) is 4.39 Å². The van der Waals surface area contributed by atoms with E-state index in [9.17, 15) is 4.39 Å². The molecule has 0 aliphatic rings. The minimum absolute atomic E-state index is 0.250. The molecule has 18 heavy (non-hydrogen) atoms. The molecule has 0 aliphatic carbocycles. The van der Waals surface area contributed by atoms with Gasteiger partial charge in [-0.15, -0.1) is 0 Å². The molecule has 0 spiro atoms. The van der Waals surface area contributed by atoms with Gasteiger partial charge in [-0.05, 0) is 17.7 Å². The summed E-state index contributed by atoms with van der Waals surface area (Å²) in [4.78, 5) is 5.28. The summed E-state index contributed by atoms with van der Waals surface area (Å²) in [5.41, 5.74) is 4.40. The van der Waals surface area contributed by atoms with Crippen molar-refractivity contribution in [2.75, 3.05) is 0 Å². The van der Waals surface area contributed by atoms with Crippen molar-refractivity contribution in [1.82, 2.24) is 5.48 Å². The summed E-state index contributed by atoms with van der Waals surface area (Å²) in [5.74, 6) is -0.250. The zero-order valence-electron chi connectivity index (χ0n) is 9.70. The highest BCUT2D eigenvalue weighted by molar-refractivity contribution is 9.10. The fraction of sp³-hybridized carbons (Fsp3) is 0.143. The number of rotatable bonds is 5. The summed E-state index contributed by atoms with van der Waals surface area (Å²) in [5, 5.41) is 0. The maximum absolute atomic E-state index is 13.5. The van der Waals surface area contributed by atoms with E-state index in [-0.39, 0.29) is 5.82 Å². The summed E-state index contributed by atoms with van der Waals surface area (Å²) >= 11 is 3.22. The van der Waals surface area contributed by atoms with Crippen LogP contribution in [0.2, 0.25) is 0 Å². The first-order valence-corrected chi connectivity index (χ1v) is 6.37. The summed E-state index contributed by atoms with van der Waals surface area (Å²) in [6.07, 6.45) is 0. The Kier molecular flexibility index (Phi) is 4.87. The molecule has 0 aromatic heterocycles. The molecule has 0 amide bonds. The highest BCUT2D eigenvalue weighted by Gasteiger charge is 2.02. The Hall–Kier alpha value is -1.23. The van der Waals surface area contributed by atoms with Crippen molar-refractivity contribution in [3.8, 4) is 0 Å². The Morgan fingerprint density at radius 3 is 2.61 bits per heavy atom. The van der Waals surface area contributed by atoms with E-state index in [0.717, 1.165) is 10.0 Å². The average Bonchev–Trinajstić information content (AvgIpc) is 2.38. The zero-order valence-corrected chi connectivity index (χ0v) is 11.3. The van der Waals surface area contributed by atoms with Gasteiger partial charge in [-0.3, -0.25) is 4.84 Å². The molecule has 1 N–H and O–H groups in total. The third-order valence-electron chi connectivity index (χ3n) is 2.46. The van der Waals surface area contributed by atoms with Crippen LogP contribution in [0, 0.1) is 5.82 Å². The van der Waals surface area contributed by atoms with Gasteiger partial charge in [0.2, 0.25) is 0 Å². The number of benzene rings is 2. The van der Waals surface area contributed by atoms with E-state index in [2.05, 4.69) is 21.4 Å². The molecule has 94 valence electrons. The number of hydroxylamine groups is 1. The molecular weight excluding hydrogens is 297 g/mol. The molecule has 2 rings (SSSR count). The molecule has 0 saturated carbocycles. The lowest BCUT2D eigenvalue weighted by Gasteiger charge is -2.07. The Morgan fingerprint density at radius 1 is 1.11 bits per heavy atom. The average molecular weight is 310 g/mol. The Morgan fingerprint density at radius 2 is 1.89 bits per heavy atom. The number of hydrogen-bond donors (Lipinski definition) is 1. The molecule has 0 saturated heterocycles. The van der Waals surface area contributed by atoms with E-state index in [1.165, 1.54) is 6.07 Å². The van der Waals surface area contributed by atoms with Crippen molar-refractivity contribution in [3.05, 3.63) is 69.9 Å². The minimum atomic E-state index is -0.250. The van der Waals surface area contributed by atoms with Gasteiger partial charge in [0, 0.05) is 16.6 Å². The van der Waals surface area contributed by atoms with Crippen molar-refractivity contribution in [2.45, 2.75) is 13.2 Å². The molecule has 4 heteroatoms. The molecule has 2 aromatic carbocycles. The highest BCUT2D eigenvalue weighted by atomic mass is 79.9. The van der Waals surface area contributed by atoms with Gasteiger partial charge in [0.25, 0.3) is 0 Å². The van der Waals surface area contributed by atoms with E-state index < -0.39 is 0 Å². The molecule has 0 atom stereocenters. The normalized spacial score (nSPS) is 10.6. The maximum Gasteiger partial charge on any atom is 0.128 e. The zero-order chi connectivity index (χ0) is 12.8. The van der Waals surface area contributed by atoms with E-state index >= 15 is 0 Å². The van der Waals surface area contributed by atoms with E-state index in [4.69, 9.17) is 4.84 Å². The molecule has 0 radical (unpaired) electrons. The van der Waals surface area contributed by atoms with E-state index in [0.29, 0.717) is 18.7 Å². The SMILES string of the molecule is Fc1cc(Br)ccc1CNOCc1ccccc1. The summed E-state index contributed by atoms with van der Waals surface area (Å²) < 4.78 is 14.2. The second-order valence-electron chi connectivity index (χ2n) is 3.83. The van der Waals surface area contributed by atoms with Gasteiger partial charge in [0.05, 0.1) is 6.61 Å². The molecule has 2 nitrogen and oxygen atoms in total. The van der Waals surface area contributed by atoms with Crippen LogP contribution in [0.25, 0.3) is 0 Å². The Balaban J connectivity index is 1.79. The second kappa shape index (κ2) is 6.64. The lowest BCUT2D eigenvalue weighted by Crippen LogP contribution is -2.14. The topological polar surface area (TPSA) is 21.3 Å². The second-order valence-corrected chi connectivity index (χ2v) is 4.75. The lowest BCUT2D eigenvalue weighted by atomic mass is 10.2. The van der Waals surface area contributed by atoms with Crippen LogP contribution >= 0.6 is 15.9 Å². The molecule has 2 aromatic rings. The number of nitrogens with one attached hydrogen (secondary N) is 1. The van der Waals surface area contributed by atoms with Crippen LogP contribution in [0.3, 0.4) is 0 Å². The van der Waals surface area contributed by atoms with Crippen LogP contribution in [0.4, 0.5) is 4.39 Å². The third kappa shape index (κ3) is 3.91. The van der Waals surface area contributed by atoms with Gasteiger partial charge in [0.1, 0.15) is 5.82 Å². The van der Waals surface area contributed by atoms with Crippen LogP contribution in [-0.4, -0.2) is 0 Å². The fourth-order valence-corrected chi connectivity index (χ4v) is 1.84. The van der Waals surface area contributed by atoms with Gasteiger partial charge >= 0.3 is 0 Å². The summed E-state index contributed by atoms with van der Waals surface area (Å²) in [6.45, 7) is 0.797. The monoisotopic (exact) mass is 309 g/mol. The summed E-state index contributed by atoms with van der Waals surface area (Å²) in [7, 11) is 0. The fourth-order valence-electron chi connectivity index (χ4n) is 1.50. The first-order valence-electron chi connectivity index (χ1n) is 5.58. The van der Waals surface area contributed by atoms with Crippen LogP contribution < -0.4 is 5.48 Å². The smallest absolute Gasteiger partial charge is 0.128 e. The first-order chi connectivity index (χ1) is 8.75. The highest BCUT2D eigenvalue weighted by Crippen LogP contribution is 2.15. The predicted octanol–water partition coefficient (Wildman–Crippen LogP) is 3.81. The molecule has 0 unspecified atom stereocenters. The van der Waals surface area contributed by atoms with Gasteiger partial charge in [0.15, 0.2) is 0 Å². The minimum Gasteiger partial charge on any atom is -0.297 e. The van der Waals surface area contributed by atoms with Crippen molar-refractivity contribution in [2.24, 2.45) is 0 Å². The lowest BCUT2D eigenvalue weighted by molar-refractivity contribution is 0.0229. The molecule has 0 heterocycles. The number of hydrogen-bond acceptors (Lipinski definition) is 2. The molecule has 0 bridgehead atoms. The van der Waals surface area contributed by atoms with E-state index in [1.54, 1.807) is 12.1 Å². The molecule has 0 fully saturated rings. The Bertz CT molecular complexity index is 504. The molecule has 0 aliphatic heterocycles. The maximum atomic E-state index is 13.5.